The van der Waals surface area contributed by atoms with Gasteiger partial charge in [0.25, 0.3) is 0 Å². The van der Waals surface area contributed by atoms with Gasteiger partial charge in [0, 0.05) is 32.6 Å². The Labute approximate surface area is 151 Å². The quantitative estimate of drug-likeness (QED) is 0.473. The molecular weight excluding hydrogens is 312 g/mol. The van der Waals surface area contributed by atoms with E-state index < -0.39 is 0 Å². The summed E-state index contributed by atoms with van der Waals surface area (Å²) in [6.07, 6.45) is 6.39. The van der Waals surface area contributed by atoms with Gasteiger partial charge in [-0.05, 0) is 44.4 Å². The maximum absolute atomic E-state index is 5.97. The topological polar surface area (TPSA) is 48.9 Å². The average molecular weight is 345 g/mol. The first-order valence-corrected chi connectivity index (χ1v) is 9.69. The van der Waals surface area contributed by atoms with Crippen LogP contribution in [0.5, 0.6) is 5.75 Å². The molecule has 3 rings (SSSR count). The lowest BCUT2D eigenvalue weighted by Gasteiger charge is -2.33. The molecule has 1 saturated heterocycles. The average Bonchev–Trinajstić information content (AvgIpc) is 3.05. The van der Waals surface area contributed by atoms with Gasteiger partial charge in [-0.25, -0.2) is 0 Å². The molecule has 5 nitrogen and oxygen atoms in total. The highest BCUT2D eigenvalue weighted by molar-refractivity contribution is 5.79. The number of fused-ring (bicyclic) bond motifs is 1. The Bertz CT molecular complexity index is 550. The lowest BCUT2D eigenvalue weighted by Crippen LogP contribution is -2.43. The molecule has 0 spiro atoms. The number of para-hydroxylation sites is 1. The minimum atomic E-state index is 0.185. The summed E-state index contributed by atoms with van der Waals surface area (Å²) in [6.45, 7) is 6.51. The Morgan fingerprint density at radius 3 is 2.96 bits per heavy atom. The van der Waals surface area contributed by atoms with Gasteiger partial charge < -0.3 is 20.3 Å². The zero-order valence-corrected chi connectivity index (χ0v) is 15.6. The molecule has 138 valence electrons. The summed E-state index contributed by atoms with van der Waals surface area (Å²) in [5, 5.41) is 6.82. The fourth-order valence-electron chi connectivity index (χ4n) is 3.78. The van der Waals surface area contributed by atoms with Crippen molar-refractivity contribution < 1.29 is 4.74 Å². The molecule has 2 heterocycles. The number of aliphatic imine (C=N–C) groups is 1. The van der Waals surface area contributed by atoms with Crippen LogP contribution in [0.4, 0.5) is 0 Å². The summed E-state index contributed by atoms with van der Waals surface area (Å²) in [7, 11) is 1.83. The van der Waals surface area contributed by atoms with Crippen LogP contribution >= 0.6 is 0 Å². The predicted molar refractivity (Wildman–Crippen MR) is 103 cm³/mol. The molecule has 0 bridgehead atoms. The molecule has 5 heteroatoms. The smallest absolute Gasteiger partial charge is 0.191 e. The number of rotatable bonds is 6. The highest BCUT2D eigenvalue weighted by Gasteiger charge is 2.22. The van der Waals surface area contributed by atoms with Crippen LogP contribution in [-0.2, 0) is 6.42 Å². The van der Waals surface area contributed by atoms with E-state index in [1.165, 1.54) is 37.9 Å². The van der Waals surface area contributed by atoms with Crippen LogP contribution in [0, 0.1) is 0 Å². The van der Waals surface area contributed by atoms with Crippen LogP contribution in [0.2, 0.25) is 0 Å². The van der Waals surface area contributed by atoms with E-state index in [0.29, 0.717) is 0 Å². The van der Waals surface area contributed by atoms with Gasteiger partial charge in [0.2, 0.25) is 0 Å². The van der Waals surface area contributed by atoms with Crippen molar-refractivity contribution in [3.63, 3.8) is 0 Å². The summed E-state index contributed by atoms with van der Waals surface area (Å²) >= 11 is 0. The molecule has 0 aromatic heterocycles. The Balaban J connectivity index is 1.32. The van der Waals surface area contributed by atoms with Crippen molar-refractivity contribution in [3.8, 4) is 5.75 Å². The Hall–Kier alpha value is -1.75. The second-order valence-electron chi connectivity index (χ2n) is 7.17. The number of likely N-dealkylation sites (tertiary alicyclic amines) is 1. The van der Waals surface area contributed by atoms with Gasteiger partial charge in [-0.1, -0.05) is 24.6 Å². The molecule has 1 aromatic carbocycles. The fraction of sp³-hybridized carbons (Fsp3) is 0.650. The van der Waals surface area contributed by atoms with Crippen LogP contribution in [-0.4, -0.2) is 56.2 Å². The maximum atomic E-state index is 5.97. The second kappa shape index (κ2) is 9.09. The summed E-state index contributed by atoms with van der Waals surface area (Å²) in [4.78, 5) is 6.94. The van der Waals surface area contributed by atoms with Crippen molar-refractivity contribution in [1.82, 2.24) is 15.5 Å². The van der Waals surface area contributed by atoms with Crippen LogP contribution in [0.3, 0.4) is 0 Å². The van der Waals surface area contributed by atoms with E-state index >= 15 is 0 Å². The second-order valence-corrected chi connectivity index (χ2v) is 7.17. The number of nitrogens with zero attached hydrogens (tertiary/aromatic N) is 2. The number of hydrogen-bond donors (Lipinski definition) is 2. The third-order valence-corrected chi connectivity index (χ3v) is 5.29. The van der Waals surface area contributed by atoms with Gasteiger partial charge in [-0.3, -0.25) is 4.99 Å². The predicted octanol–water partition coefficient (Wildman–Crippen LogP) is 2.42. The maximum Gasteiger partial charge on any atom is 0.191 e. The van der Waals surface area contributed by atoms with E-state index in [0.717, 1.165) is 43.7 Å². The molecule has 2 aliphatic rings. The van der Waals surface area contributed by atoms with Crippen LogP contribution in [0.25, 0.3) is 0 Å². The van der Waals surface area contributed by atoms with Crippen LogP contribution < -0.4 is 15.4 Å². The molecule has 0 aliphatic carbocycles. The molecule has 1 aromatic rings. The van der Waals surface area contributed by atoms with Gasteiger partial charge in [-0.15, -0.1) is 0 Å². The first kappa shape index (κ1) is 18.1. The highest BCUT2D eigenvalue weighted by atomic mass is 16.5. The third kappa shape index (κ3) is 5.11. The van der Waals surface area contributed by atoms with E-state index in [1.54, 1.807) is 0 Å². The Morgan fingerprint density at radius 1 is 1.28 bits per heavy atom. The normalized spacial score (nSPS) is 23.8. The molecule has 2 N–H and O–H groups in total. The number of piperidine rings is 1. The Morgan fingerprint density at radius 2 is 2.16 bits per heavy atom. The van der Waals surface area contributed by atoms with E-state index in [1.807, 2.05) is 19.2 Å². The van der Waals surface area contributed by atoms with Crippen molar-refractivity contribution >= 4 is 5.96 Å². The lowest BCUT2D eigenvalue weighted by molar-refractivity contribution is 0.159. The van der Waals surface area contributed by atoms with Crippen LogP contribution in [0.15, 0.2) is 29.3 Å². The molecule has 1 fully saturated rings. The van der Waals surface area contributed by atoms with Gasteiger partial charge >= 0.3 is 0 Å². The Kier molecular flexibility index (Phi) is 6.56. The monoisotopic (exact) mass is 344 g/mol. The highest BCUT2D eigenvalue weighted by Crippen LogP contribution is 2.27. The van der Waals surface area contributed by atoms with Crippen molar-refractivity contribution in [3.05, 3.63) is 29.8 Å². The van der Waals surface area contributed by atoms with Crippen molar-refractivity contribution in [2.24, 2.45) is 4.99 Å². The summed E-state index contributed by atoms with van der Waals surface area (Å²) in [5.41, 5.74) is 1.30. The molecule has 2 atom stereocenters. The van der Waals surface area contributed by atoms with E-state index in [2.05, 4.69) is 39.6 Å². The minimum Gasteiger partial charge on any atom is -0.488 e. The zero-order valence-electron chi connectivity index (χ0n) is 15.6. The number of ether oxygens (including phenoxy) is 1. The van der Waals surface area contributed by atoms with Crippen molar-refractivity contribution in [1.29, 1.82) is 0 Å². The number of hydrogen-bond acceptors (Lipinski definition) is 3. The zero-order chi connectivity index (χ0) is 17.5. The largest absolute Gasteiger partial charge is 0.488 e. The summed E-state index contributed by atoms with van der Waals surface area (Å²) in [5.74, 6) is 1.89. The molecule has 25 heavy (non-hydrogen) atoms. The van der Waals surface area contributed by atoms with Gasteiger partial charge in [-0.2, -0.15) is 0 Å². The van der Waals surface area contributed by atoms with Gasteiger partial charge in [0.1, 0.15) is 11.9 Å². The summed E-state index contributed by atoms with van der Waals surface area (Å²) < 4.78 is 5.97. The molecular formula is C20H32N4O. The van der Waals surface area contributed by atoms with Crippen LogP contribution in [0.1, 0.15) is 38.2 Å². The molecule has 0 radical (unpaired) electrons. The van der Waals surface area contributed by atoms with E-state index in [4.69, 9.17) is 4.74 Å². The van der Waals surface area contributed by atoms with Crippen molar-refractivity contribution in [2.45, 2.75) is 51.2 Å². The number of nitrogens with one attached hydrogen (secondary N) is 2. The first-order chi connectivity index (χ1) is 12.3. The summed E-state index contributed by atoms with van der Waals surface area (Å²) in [6, 6.07) is 9.03. The number of benzene rings is 1. The molecule has 0 amide bonds. The van der Waals surface area contributed by atoms with E-state index in [-0.39, 0.29) is 6.10 Å². The van der Waals surface area contributed by atoms with Gasteiger partial charge in [0.15, 0.2) is 5.96 Å². The first-order valence-electron chi connectivity index (χ1n) is 9.69. The van der Waals surface area contributed by atoms with Gasteiger partial charge in [0.05, 0.1) is 6.54 Å². The van der Waals surface area contributed by atoms with Crippen molar-refractivity contribution in [2.75, 3.05) is 33.2 Å². The molecule has 2 unspecified atom stereocenters. The standard InChI is InChI=1S/C20H32N4O/c1-16-8-5-6-12-24(16)13-7-11-22-20(21-2)23-15-18-14-17-9-3-4-10-19(17)25-18/h3-4,9-10,16,18H,5-8,11-15H2,1-2H3,(H2,21,22,23). The SMILES string of the molecule is CN=C(NCCCN1CCCCC1C)NCC1Cc2ccccc2O1. The molecule has 2 aliphatic heterocycles. The molecule has 0 saturated carbocycles. The third-order valence-electron chi connectivity index (χ3n) is 5.29. The fourth-order valence-corrected chi connectivity index (χ4v) is 3.78. The number of guanidine groups is 1. The minimum absolute atomic E-state index is 0.185. The van der Waals surface area contributed by atoms with E-state index in [9.17, 15) is 0 Å². The lowest BCUT2D eigenvalue weighted by atomic mass is 10.0.